The number of hydrogen-bond donors (Lipinski definition) is 1. The van der Waals surface area contributed by atoms with Gasteiger partial charge in [-0.05, 0) is 24.6 Å². The number of carboxylic acid groups (broad SMARTS) is 1. The van der Waals surface area contributed by atoms with Gasteiger partial charge in [0, 0.05) is 29.2 Å². The Morgan fingerprint density at radius 2 is 2.05 bits per heavy atom. The zero-order chi connectivity index (χ0) is 14.0. The van der Waals surface area contributed by atoms with Gasteiger partial charge in [0.2, 0.25) is 0 Å². The van der Waals surface area contributed by atoms with Crippen molar-refractivity contribution in [1.82, 2.24) is 9.97 Å². The van der Waals surface area contributed by atoms with Crippen LogP contribution in [-0.2, 0) is 0 Å². The highest BCUT2D eigenvalue weighted by Gasteiger charge is 2.15. The molecule has 2 heterocycles. The first kappa shape index (κ1) is 13.2. The third-order valence-corrected chi connectivity index (χ3v) is 2.89. The summed E-state index contributed by atoms with van der Waals surface area (Å²) in [5.41, 5.74) is 2.80. The van der Waals surface area contributed by atoms with E-state index >= 15 is 0 Å². The second-order valence-corrected chi connectivity index (χ2v) is 4.36. The molecule has 1 N–H and O–H groups in total. The molecule has 0 atom stereocenters. The summed E-state index contributed by atoms with van der Waals surface area (Å²) >= 11 is 5.89. The van der Waals surface area contributed by atoms with Crippen LogP contribution in [0.15, 0.2) is 31.1 Å². The van der Waals surface area contributed by atoms with E-state index in [0.717, 1.165) is 11.3 Å². The van der Waals surface area contributed by atoms with Crippen molar-refractivity contribution in [3.05, 3.63) is 53.1 Å². The topological polar surface area (TPSA) is 63.1 Å². The van der Waals surface area contributed by atoms with Gasteiger partial charge in [-0.3, -0.25) is 4.98 Å². The Morgan fingerprint density at radius 3 is 2.68 bits per heavy atom. The van der Waals surface area contributed by atoms with E-state index in [4.69, 9.17) is 11.6 Å². The van der Waals surface area contributed by atoms with E-state index in [1.54, 1.807) is 31.3 Å². The van der Waals surface area contributed by atoms with Gasteiger partial charge in [-0.1, -0.05) is 24.3 Å². The molecule has 0 unspecified atom stereocenters. The molecule has 2 rings (SSSR count). The molecule has 0 aromatic carbocycles. The van der Waals surface area contributed by atoms with Crippen molar-refractivity contribution in [2.45, 2.75) is 6.92 Å². The molecular weight excluding hydrogens is 264 g/mol. The molecule has 96 valence electrons. The van der Waals surface area contributed by atoms with Crippen molar-refractivity contribution >= 4 is 23.6 Å². The van der Waals surface area contributed by atoms with Gasteiger partial charge in [0.25, 0.3) is 0 Å². The summed E-state index contributed by atoms with van der Waals surface area (Å²) in [5, 5.41) is 9.53. The van der Waals surface area contributed by atoms with Crippen LogP contribution in [0.25, 0.3) is 17.2 Å². The first-order chi connectivity index (χ1) is 9.02. The zero-order valence-electron chi connectivity index (χ0n) is 10.2. The maximum Gasteiger partial charge on any atom is 0.337 e. The smallest absolute Gasteiger partial charge is 0.337 e. The van der Waals surface area contributed by atoms with E-state index in [-0.39, 0.29) is 5.56 Å². The highest BCUT2D eigenvalue weighted by atomic mass is 35.5. The van der Waals surface area contributed by atoms with Crippen LogP contribution in [0.3, 0.4) is 0 Å². The number of rotatable bonds is 3. The van der Waals surface area contributed by atoms with Gasteiger partial charge < -0.3 is 5.11 Å². The van der Waals surface area contributed by atoms with Crippen LogP contribution in [0.4, 0.5) is 0 Å². The second-order valence-electron chi connectivity index (χ2n) is 3.97. The molecule has 0 radical (unpaired) electrons. The SMILES string of the molecule is C=Cc1cnc(Cl)cc1-c1cc(C)ncc1C(=O)O. The molecule has 0 bridgehead atoms. The van der Waals surface area contributed by atoms with Gasteiger partial charge in [0.05, 0.1) is 5.56 Å². The molecule has 0 aliphatic carbocycles. The number of carbonyl (C=O) groups is 1. The maximum atomic E-state index is 11.3. The minimum atomic E-state index is -1.04. The van der Waals surface area contributed by atoms with Gasteiger partial charge in [-0.25, -0.2) is 9.78 Å². The number of aromatic carboxylic acids is 1. The average molecular weight is 275 g/mol. The lowest BCUT2D eigenvalue weighted by Crippen LogP contribution is -2.02. The normalized spacial score (nSPS) is 10.2. The lowest BCUT2D eigenvalue weighted by Gasteiger charge is -2.10. The van der Waals surface area contributed by atoms with Gasteiger partial charge in [-0.15, -0.1) is 0 Å². The Labute approximate surface area is 115 Å². The second kappa shape index (κ2) is 5.20. The number of halogens is 1. The third kappa shape index (κ3) is 2.63. The molecule has 0 aliphatic heterocycles. The molecule has 0 saturated carbocycles. The Morgan fingerprint density at radius 1 is 1.32 bits per heavy atom. The predicted octanol–water partition coefficient (Wildman–Crippen LogP) is 3.45. The van der Waals surface area contributed by atoms with Crippen LogP contribution in [0.1, 0.15) is 21.6 Å². The predicted molar refractivity (Wildman–Crippen MR) is 74.3 cm³/mol. The number of carboxylic acids is 1. The Bertz CT molecular complexity index is 668. The average Bonchev–Trinajstić information content (AvgIpc) is 2.38. The summed E-state index contributed by atoms with van der Waals surface area (Å²) in [6, 6.07) is 3.34. The molecule has 0 spiro atoms. The van der Waals surface area contributed by atoms with Crippen molar-refractivity contribution in [3.8, 4) is 11.1 Å². The number of pyridine rings is 2. The van der Waals surface area contributed by atoms with Crippen LogP contribution in [0.2, 0.25) is 5.15 Å². The van der Waals surface area contributed by atoms with Gasteiger partial charge in [-0.2, -0.15) is 0 Å². The maximum absolute atomic E-state index is 11.3. The van der Waals surface area contributed by atoms with E-state index < -0.39 is 5.97 Å². The summed E-state index contributed by atoms with van der Waals surface area (Å²) in [6.45, 7) is 5.49. The molecular formula is C14H11ClN2O2. The number of hydrogen-bond acceptors (Lipinski definition) is 3. The quantitative estimate of drug-likeness (QED) is 0.871. The molecule has 0 fully saturated rings. The summed E-state index contributed by atoms with van der Waals surface area (Å²) < 4.78 is 0. The van der Waals surface area contributed by atoms with E-state index in [9.17, 15) is 9.90 Å². The van der Waals surface area contributed by atoms with Gasteiger partial charge >= 0.3 is 5.97 Å². The molecule has 5 heteroatoms. The van der Waals surface area contributed by atoms with Crippen molar-refractivity contribution in [1.29, 1.82) is 0 Å². The summed E-state index contributed by atoms with van der Waals surface area (Å²) in [7, 11) is 0. The van der Waals surface area contributed by atoms with Crippen LogP contribution in [-0.4, -0.2) is 21.0 Å². The minimum absolute atomic E-state index is 0.121. The fourth-order valence-electron chi connectivity index (χ4n) is 1.79. The lowest BCUT2D eigenvalue weighted by atomic mass is 9.97. The van der Waals surface area contributed by atoms with E-state index in [1.807, 2.05) is 0 Å². The fourth-order valence-corrected chi connectivity index (χ4v) is 1.95. The van der Waals surface area contributed by atoms with Gasteiger partial charge in [0.15, 0.2) is 0 Å². The first-order valence-corrected chi connectivity index (χ1v) is 5.89. The minimum Gasteiger partial charge on any atom is -0.478 e. The Balaban J connectivity index is 2.77. The molecule has 19 heavy (non-hydrogen) atoms. The molecule has 0 amide bonds. The summed E-state index contributed by atoms with van der Waals surface area (Å²) in [5.74, 6) is -1.04. The highest BCUT2D eigenvalue weighted by molar-refractivity contribution is 6.29. The Hall–Kier alpha value is -2.20. The molecule has 0 saturated heterocycles. The summed E-state index contributed by atoms with van der Waals surface area (Å²) in [6.07, 6.45) is 4.51. The molecule has 2 aromatic heterocycles. The third-order valence-electron chi connectivity index (χ3n) is 2.68. The van der Waals surface area contributed by atoms with Crippen LogP contribution >= 0.6 is 11.6 Å². The van der Waals surface area contributed by atoms with E-state index in [2.05, 4.69) is 16.5 Å². The summed E-state index contributed by atoms with van der Waals surface area (Å²) in [4.78, 5) is 19.2. The van der Waals surface area contributed by atoms with Crippen molar-refractivity contribution in [2.24, 2.45) is 0 Å². The van der Waals surface area contributed by atoms with Gasteiger partial charge in [0.1, 0.15) is 5.15 Å². The first-order valence-electron chi connectivity index (χ1n) is 5.51. The lowest BCUT2D eigenvalue weighted by molar-refractivity contribution is 0.0697. The largest absolute Gasteiger partial charge is 0.478 e. The monoisotopic (exact) mass is 274 g/mol. The van der Waals surface area contributed by atoms with Crippen LogP contribution < -0.4 is 0 Å². The van der Waals surface area contributed by atoms with E-state index in [1.165, 1.54) is 6.20 Å². The van der Waals surface area contributed by atoms with Crippen LogP contribution in [0, 0.1) is 6.92 Å². The molecule has 4 nitrogen and oxygen atoms in total. The highest BCUT2D eigenvalue weighted by Crippen LogP contribution is 2.29. The Kier molecular flexibility index (Phi) is 3.62. The fraction of sp³-hybridized carbons (Fsp3) is 0.0714. The standard InChI is InChI=1S/C14H11ClN2O2/c1-3-9-6-17-13(15)5-10(9)11-4-8(2)16-7-12(11)14(18)19/h3-7H,1H2,2H3,(H,18,19). The molecule has 0 aliphatic rings. The number of aromatic nitrogens is 2. The number of aryl methyl sites for hydroxylation is 1. The van der Waals surface area contributed by atoms with Crippen LogP contribution in [0.5, 0.6) is 0 Å². The van der Waals surface area contributed by atoms with Crippen molar-refractivity contribution < 1.29 is 9.90 Å². The zero-order valence-corrected chi connectivity index (χ0v) is 11.0. The van der Waals surface area contributed by atoms with Crippen molar-refractivity contribution in [3.63, 3.8) is 0 Å². The molecule has 2 aromatic rings. The van der Waals surface area contributed by atoms with Crippen molar-refractivity contribution in [2.75, 3.05) is 0 Å². The van der Waals surface area contributed by atoms with E-state index in [0.29, 0.717) is 16.3 Å². The number of nitrogens with zero attached hydrogens (tertiary/aromatic N) is 2.